The van der Waals surface area contributed by atoms with Crippen LogP contribution in [0.4, 0.5) is 0 Å². The van der Waals surface area contributed by atoms with E-state index in [0.717, 1.165) is 13.0 Å². The average molecular weight is 403 g/mol. The molecule has 3 saturated heterocycles. The SMILES string of the molecule is C[C@@H](O)[C@H]1C(=O)N2C(C(=O)[O-])=C(S[C@@H]3CN[C@H](C4CC(=O)N4C)C3)C[C@H]12.[Na+]. The van der Waals surface area contributed by atoms with Gasteiger partial charge in [-0.1, -0.05) is 0 Å². The second kappa shape index (κ2) is 7.68. The Kier molecular flexibility index (Phi) is 6.01. The number of aliphatic hydroxyl groups excluding tert-OH is 1. The number of carbonyl (C=O) groups excluding carboxylic acids is 3. The molecular weight excluding hydrogens is 381 g/mol. The Hall–Kier alpha value is -0.580. The van der Waals surface area contributed by atoms with Crippen LogP contribution in [-0.4, -0.2) is 75.8 Å². The normalized spacial score (nSPS) is 36.2. The summed E-state index contributed by atoms with van der Waals surface area (Å²) in [7, 11) is 1.80. The van der Waals surface area contributed by atoms with E-state index < -0.39 is 18.0 Å². The smallest absolute Gasteiger partial charge is 0.543 e. The van der Waals surface area contributed by atoms with Crippen molar-refractivity contribution in [3.8, 4) is 0 Å². The van der Waals surface area contributed by atoms with Gasteiger partial charge < -0.3 is 30.1 Å². The van der Waals surface area contributed by atoms with Gasteiger partial charge in [-0.3, -0.25) is 9.59 Å². The minimum atomic E-state index is -1.33. The number of amides is 2. The van der Waals surface area contributed by atoms with Crippen molar-refractivity contribution in [2.75, 3.05) is 13.6 Å². The topological polar surface area (TPSA) is 113 Å². The number of nitrogens with zero attached hydrogens (tertiary/aromatic N) is 2. The summed E-state index contributed by atoms with van der Waals surface area (Å²) < 4.78 is 0. The molecule has 6 atom stereocenters. The van der Waals surface area contributed by atoms with Crippen molar-refractivity contribution >= 4 is 29.5 Å². The maximum atomic E-state index is 12.2. The summed E-state index contributed by atoms with van der Waals surface area (Å²) in [5, 5.41) is 25.0. The van der Waals surface area contributed by atoms with Crippen molar-refractivity contribution in [3.63, 3.8) is 0 Å². The van der Waals surface area contributed by atoms with Crippen molar-refractivity contribution in [3.05, 3.63) is 10.6 Å². The largest absolute Gasteiger partial charge is 1.00 e. The van der Waals surface area contributed by atoms with Crippen LogP contribution in [0.1, 0.15) is 26.2 Å². The van der Waals surface area contributed by atoms with E-state index in [1.54, 1.807) is 18.9 Å². The molecule has 4 aliphatic rings. The molecule has 1 unspecified atom stereocenters. The van der Waals surface area contributed by atoms with E-state index in [4.69, 9.17) is 0 Å². The molecule has 0 bridgehead atoms. The van der Waals surface area contributed by atoms with Gasteiger partial charge in [0, 0.05) is 42.6 Å². The number of hydrogen-bond acceptors (Lipinski definition) is 7. The molecule has 142 valence electrons. The molecule has 4 rings (SSSR count). The van der Waals surface area contributed by atoms with Gasteiger partial charge >= 0.3 is 29.6 Å². The van der Waals surface area contributed by atoms with E-state index in [1.807, 2.05) is 0 Å². The monoisotopic (exact) mass is 403 g/mol. The fourth-order valence-corrected chi connectivity index (χ4v) is 6.03. The first-order chi connectivity index (χ1) is 12.3. The van der Waals surface area contributed by atoms with E-state index >= 15 is 0 Å². The van der Waals surface area contributed by atoms with Gasteiger partial charge in [0.15, 0.2) is 0 Å². The van der Waals surface area contributed by atoms with Gasteiger partial charge in [-0.2, -0.15) is 0 Å². The number of carboxylic acids is 1. The van der Waals surface area contributed by atoms with Gasteiger partial charge in [0.05, 0.1) is 35.8 Å². The van der Waals surface area contributed by atoms with Gasteiger partial charge in [0.25, 0.3) is 0 Å². The van der Waals surface area contributed by atoms with Crippen molar-refractivity contribution in [1.29, 1.82) is 0 Å². The van der Waals surface area contributed by atoms with Crippen molar-refractivity contribution in [1.82, 2.24) is 15.1 Å². The van der Waals surface area contributed by atoms with E-state index in [-0.39, 0.29) is 70.4 Å². The molecule has 0 aromatic rings. The standard InChI is InChI=1S/C17H23N3O5S.Na/c1-7(21)14-11-4-12(15(17(24)25)20(11)16(14)23)26-8-3-9(18-6-8)10-5-13(22)19(10)2;/h7-11,14,18,21H,3-6H2,1-2H3,(H,24,25);/q;+1/p-1/t7-,8+,9+,10?,11-,14-;/m1./s1. The summed E-state index contributed by atoms with van der Waals surface area (Å²) in [6, 6.07) is 0.137. The summed E-state index contributed by atoms with van der Waals surface area (Å²) in [5.41, 5.74) is -0.0266. The number of carboxylic acid groups (broad SMARTS) is 1. The van der Waals surface area contributed by atoms with Crippen LogP contribution in [0, 0.1) is 5.92 Å². The van der Waals surface area contributed by atoms with Gasteiger partial charge in [-0.25, -0.2) is 0 Å². The van der Waals surface area contributed by atoms with Gasteiger partial charge in [-0.05, 0) is 13.3 Å². The molecule has 10 heteroatoms. The Morgan fingerprint density at radius 2 is 2.04 bits per heavy atom. The van der Waals surface area contributed by atoms with Gasteiger partial charge in [0.1, 0.15) is 0 Å². The Labute approximate surface area is 184 Å². The van der Waals surface area contributed by atoms with E-state index in [9.17, 15) is 24.6 Å². The van der Waals surface area contributed by atoms with Gasteiger partial charge in [-0.15, -0.1) is 11.8 Å². The number of hydrogen-bond donors (Lipinski definition) is 2. The predicted molar refractivity (Wildman–Crippen MR) is 91.4 cm³/mol. The first-order valence-electron chi connectivity index (χ1n) is 8.91. The molecule has 4 heterocycles. The molecule has 0 aromatic heterocycles. The van der Waals surface area contributed by atoms with Crippen LogP contribution in [0.2, 0.25) is 0 Å². The third-order valence-electron chi connectivity index (χ3n) is 6.05. The number of nitrogens with one attached hydrogen (secondary N) is 1. The van der Waals surface area contributed by atoms with E-state index in [0.29, 0.717) is 17.7 Å². The first kappa shape index (κ1) is 21.1. The quantitative estimate of drug-likeness (QED) is 0.350. The maximum absolute atomic E-state index is 12.2. The van der Waals surface area contributed by atoms with E-state index in [1.165, 1.54) is 16.7 Å². The molecule has 0 spiro atoms. The number of likely N-dealkylation sites (tertiary alicyclic amines) is 1. The van der Waals surface area contributed by atoms with Crippen LogP contribution in [0.15, 0.2) is 10.6 Å². The van der Waals surface area contributed by atoms with Crippen molar-refractivity contribution < 1.29 is 54.2 Å². The minimum Gasteiger partial charge on any atom is -0.543 e. The molecule has 2 amide bonds. The summed E-state index contributed by atoms with van der Waals surface area (Å²) in [5.74, 6) is -2.06. The summed E-state index contributed by atoms with van der Waals surface area (Å²) in [6.45, 7) is 2.29. The molecule has 27 heavy (non-hydrogen) atoms. The second-order valence-corrected chi connectivity index (χ2v) is 8.97. The maximum Gasteiger partial charge on any atom is 1.00 e. The van der Waals surface area contributed by atoms with Crippen LogP contribution in [0.3, 0.4) is 0 Å². The number of aliphatic carboxylic acids is 1. The number of fused-ring (bicyclic) bond motifs is 1. The van der Waals surface area contributed by atoms with E-state index in [2.05, 4.69) is 5.32 Å². The molecular formula is C17H22N3NaO5S. The second-order valence-electron chi connectivity index (χ2n) is 7.57. The first-order valence-corrected chi connectivity index (χ1v) is 9.79. The molecule has 2 N–H and O–H groups in total. The zero-order valence-electron chi connectivity index (χ0n) is 15.7. The fourth-order valence-electron chi connectivity index (χ4n) is 4.59. The van der Waals surface area contributed by atoms with Crippen LogP contribution < -0.4 is 40.0 Å². The molecule has 8 nitrogen and oxygen atoms in total. The third kappa shape index (κ3) is 3.36. The average Bonchev–Trinajstić information content (AvgIpc) is 3.14. The third-order valence-corrected chi connectivity index (χ3v) is 7.39. The van der Waals surface area contributed by atoms with Crippen LogP contribution in [0.5, 0.6) is 0 Å². The number of rotatable bonds is 5. The van der Waals surface area contributed by atoms with Crippen molar-refractivity contribution in [2.45, 2.75) is 55.7 Å². The zero-order chi connectivity index (χ0) is 18.7. The molecule has 0 aliphatic carbocycles. The summed E-state index contributed by atoms with van der Waals surface area (Å²) >= 11 is 1.49. The van der Waals surface area contributed by atoms with Crippen LogP contribution >= 0.6 is 11.8 Å². The summed E-state index contributed by atoms with van der Waals surface area (Å²) in [4.78, 5) is 39.0. The Morgan fingerprint density at radius 1 is 1.33 bits per heavy atom. The molecule has 3 fully saturated rings. The Bertz CT molecular complexity index is 715. The van der Waals surface area contributed by atoms with Gasteiger partial charge in [0.2, 0.25) is 11.8 Å². The number of β-lactam (4-membered cyclic amide) rings is 2. The Balaban J connectivity index is 0.00000210. The van der Waals surface area contributed by atoms with Crippen molar-refractivity contribution in [2.24, 2.45) is 5.92 Å². The number of carbonyl (C=O) groups is 3. The zero-order valence-corrected chi connectivity index (χ0v) is 18.5. The minimum absolute atomic E-state index is 0. The molecule has 0 radical (unpaired) electrons. The van der Waals surface area contributed by atoms with Crippen LogP contribution in [-0.2, 0) is 14.4 Å². The predicted octanol–water partition coefficient (Wildman–Crippen LogP) is -4.74. The Morgan fingerprint density at radius 3 is 2.59 bits per heavy atom. The molecule has 4 aliphatic heterocycles. The number of thioether (sulfide) groups is 1. The van der Waals surface area contributed by atoms with Crippen LogP contribution in [0.25, 0.3) is 0 Å². The number of aliphatic hydroxyl groups is 1. The molecule has 0 aromatic carbocycles. The fraction of sp³-hybridized carbons (Fsp3) is 0.706. The number of likely N-dealkylation sites (N-methyl/N-ethyl adjacent to an activating group) is 1. The molecule has 0 saturated carbocycles. The summed E-state index contributed by atoms with van der Waals surface area (Å²) in [6.07, 6.45) is 1.06.